The predicted octanol–water partition coefficient (Wildman–Crippen LogP) is 5.93. The van der Waals surface area contributed by atoms with E-state index in [1.807, 2.05) is 54.0 Å². The van der Waals surface area contributed by atoms with E-state index in [-0.39, 0.29) is 12.1 Å². The Morgan fingerprint density at radius 2 is 1.88 bits per heavy atom. The molecule has 34 heavy (non-hydrogen) atoms. The van der Waals surface area contributed by atoms with Crippen LogP contribution in [-0.4, -0.2) is 33.3 Å². The van der Waals surface area contributed by atoms with Crippen LogP contribution < -0.4 is 5.32 Å². The van der Waals surface area contributed by atoms with Crippen molar-refractivity contribution in [2.75, 3.05) is 6.61 Å². The van der Waals surface area contributed by atoms with Gasteiger partial charge in [0.2, 0.25) is 0 Å². The smallest absolute Gasteiger partial charge is 0.407 e. The van der Waals surface area contributed by atoms with Crippen molar-refractivity contribution in [3.8, 4) is 11.1 Å². The average molecular weight is 484 g/mol. The van der Waals surface area contributed by atoms with Crippen LogP contribution >= 0.6 is 11.6 Å². The van der Waals surface area contributed by atoms with Crippen LogP contribution in [0, 0.1) is 0 Å². The molecule has 3 aromatic rings. The molecule has 0 aliphatic carbocycles. The van der Waals surface area contributed by atoms with Gasteiger partial charge in [-0.2, -0.15) is 0 Å². The minimum atomic E-state index is -0.987. The number of nitrogens with zero attached hydrogens (tertiary/aromatic N) is 2. The van der Waals surface area contributed by atoms with Crippen molar-refractivity contribution in [3.05, 3.63) is 76.3 Å². The number of carboxylic acid groups (broad SMARTS) is 1. The zero-order valence-electron chi connectivity index (χ0n) is 19.5. The van der Waals surface area contributed by atoms with Gasteiger partial charge in [-0.25, -0.2) is 14.6 Å². The van der Waals surface area contributed by atoms with Crippen molar-refractivity contribution in [3.63, 3.8) is 0 Å². The van der Waals surface area contributed by atoms with Gasteiger partial charge in [0.1, 0.15) is 11.0 Å². The zero-order chi connectivity index (χ0) is 24.5. The van der Waals surface area contributed by atoms with Crippen LogP contribution in [0.3, 0.4) is 0 Å². The predicted molar refractivity (Wildman–Crippen MR) is 132 cm³/mol. The van der Waals surface area contributed by atoms with Gasteiger partial charge in [-0.3, -0.25) is 0 Å². The number of benzene rings is 2. The number of halogens is 1. The van der Waals surface area contributed by atoms with Crippen molar-refractivity contribution >= 4 is 23.7 Å². The van der Waals surface area contributed by atoms with Crippen LogP contribution in [0.5, 0.6) is 0 Å². The summed E-state index contributed by atoms with van der Waals surface area (Å²) >= 11 is 6.67. The first kappa shape index (κ1) is 25.3. The Morgan fingerprint density at radius 3 is 2.56 bits per heavy atom. The quantitative estimate of drug-likeness (QED) is 0.352. The highest BCUT2D eigenvalue weighted by atomic mass is 35.5. The maximum atomic E-state index is 12.0. The maximum Gasteiger partial charge on any atom is 0.407 e. The van der Waals surface area contributed by atoms with Crippen molar-refractivity contribution in [1.82, 2.24) is 14.9 Å². The molecule has 180 valence electrons. The Hall–Kier alpha value is -3.32. The fraction of sp³-hybridized carbons (Fsp3) is 0.346. The fourth-order valence-electron chi connectivity index (χ4n) is 3.65. The Balaban J connectivity index is 1.88. The highest BCUT2D eigenvalue weighted by molar-refractivity contribution is 6.30. The second-order valence-electron chi connectivity index (χ2n) is 8.00. The molecule has 7 nitrogen and oxygen atoms in total. The van der Waals surface area contributed by atoms with Crippen molar-refractivity contribution in [2.24, 2.45) is 0 Å². The second-order valence-corrected chi connectivity index (χ2v) is 8.35. The number of imidazole rings is 1. The molecule has 0 unspecified atom stereocenters. The van der Waals surface area contributed by atoms with Crippen LogP contribution in [0.25, 0.3) is 11.1 Å². The summed E-state index contributed by atoms with van der Waals surface area (Å²) in [5.74, 6) is -0.186. The Morgan fingerprint density at radius 1 is 1.12 bits per heavy atom. The van der Waals surface area contributed by atoms with Crippen LogP contribution in [0.15, 0.2) is 48.5 Å². The molecular weight excluding hydrogens is 454 g/mol. The van der Waals surface area contributed by atoms with E-state index in [1.54, 1.807) is 6.07 Å². The number of amides is 1. The number of aromatic nitrogens is 2. The summed E-state index contributed by atoms with van der Waals surface area (Å²) in [7, 11) is 0. The number of hydrogen-bond acceptors (Lipinski definition) is 4. The largest absolute Gasteiger partial charge is 0.478 e. The topological polar surface area (TPSA) is 93.5 Å². The molecule has 2 aromatic carbocycles. The van der Waals surface area contributed by atoms with Gasteiger partial charge < -0.3 is 19.7 Å². The molecule has 0 spiro atoms. The molecule has 3 rings (SSSR count). The number of carbonyl (C=O) groups is 2. The number of carboxylic acids is 1. The molecule has 8 heteroatoms. The lowest BCUT2D eigenvalue weighted by atomic mass is 9.97. The molecule has 0 aliphatic rings. The monoisotopic (exact) mass is 483 g/mol. The summed E-state index contributed by atoms with van der Waals surface area (Å²) in [6, 6.07) is 14.9. The minimum absolute atomic E-state index is 0.154. The van der Waals surface area contributed by atoms with Crippen LogP contribution in [0.4, 0.5) is 4.79 Å². The number of nitrogens with one attached hydrogen (secondary N) is 1. The molecule has 0 bridgehead atoms. The van der Waals surface area contributed by atoms with Crippen LogP contribution in [-0.2, 0) is 24.2 Å². The van der Waals surface area contributed by atoms with Gasteiger partial charge in [0.25, 0.3) is 0 Å². The van der Waals surface area contributed by atoms with Crippen molar-refractivity contribution in [2.45, 2.75) is 52.6 Å². The number of carbonyl (C=O) groups excluding carboxylic acids is 1. The van der Waals surface area contributed by atoms with E-state index in [9.17, 15) is 14.7 Å². The van der Waals surface area contributed by atoms with E-state index in [0.29, 0.717) is 29.6 Å². The summed E-state index contributed by atoms with van der Waals surface area (Å²) in [6.07, 6.45) is 2.89. The first-order chi connectivity index (χ1) is 16.4. The van der Waals surface area contributed by atoms with Gasteiger partial charge in [-0.15, -0.1) is 0 Å². The van der Waals surface area contributed by atoms with E-state index >= 15 is 0 Å². The normalized spacial score (nSPS) is 10.8. The third-order valence-corrected chi connectivity index (χ3v) is 5.80. The zero-order valence-corrected chi connectivity index (χ0v) is 20.3. The lowest BCUT2D eigenvalue weighted by molar-refractivity contribution is 0.0697. The van der Waals surface area contributed by atoms with Gasteiger partial charge in [-0.05, 0) is 35.6 Å². The molecule has 1 heterocycles. The molecule has 1 amide bonds. The van der Waals surface area contributed by atoms with Gasteiger partial charge in [0.05, 0.1) is 31.0 Å². The highest BCUT2D eigenvalue weighted by Gasteiger charge is 2.18. The van der Waals surface area contributed by atoms with E-state index in [1.165, 1.54) is 0 Å². The van der Waals surface area contributed by atoms with Gasteiger partial charge in [0, 0.05) is 6.42 Å². The molecule has 0 aliphatic heterocycles. The maximum absolute atomic E-state index is 12.0. The number of aromatic carboxylic acids is 1. The molecule has 1 aromatic heterocycles. The molecule has 0 radical (unpaired) electrons. The van der Waals surface area contributed by atoms with Crippen molar-refractivity contribution in [1.29, 1.82) is 0 Å². The van der Waals surface area contributed by atoms with Gasteiger partial charge in [-0.1, -0.05) is 74.3 Å². The van der Waals surface area contributed by atoms with Gasteiger partial charge >= 0.3 is 12.1 Å². The van der Waals surface area contributed by atoms with Gasteiger partial charge in [0.15, 0.2) is 0 Å². The lowest BCUT2D eigenvalue weighted by Gasteiger charge is -2.12. The second kappa shape index (κ2) is 12.2. The summed E-state index contributed by atoms with van der Waals surface area (Å²) in [5.41, 5.74) is 3.10. The van der Waals surface area contributed by atoms with Crippen molar-refractivity contribution < 1.29 is 19.4 Å². The SMILES string of the molecule is CCCCc1nc(CNC(=O)OCCC)c(Cl)n1Cc1ccc(-c2ccccc2)c(C(=O)O)c1. The number of ether oxygens (including phenoxy) is 1. The molecule has 0 saturated heterocycles. The van der Waals surface area contributed by atoms with Crippen LogP contribution in [0.2, 0.25) is 5.15 Å². The lowest BCUT2D eigenvalue weighted by Crippen LogP contribution is -2.24. The third kappa shape index (κ3) is 6.38. The third-order valence-electron chi connectivity index (χ3n) is 5.38. The van der Waals surface area contributed by atoms with E-state index in [0.717, 1.165) is 42.6 Å². The number of alkyl carbamates (subject to hydrolysis) is 1. The first-order valence-corrected chi connectivity index (χ1v) is 11.9. The highest BCUT2D eigenvalue weighted by Crippen LogP contribution is 2.27. The molecule has 0 saturated carbocycles. The number of rotatable bonds is 11. The van der Waals surface area contributed by atoms with E-state index in [2.05, 4.69) is 17.2 Å². The molecule has 2 N–H and O–H groups in total. The fourth-order valence-corrected chi connectivity index (χ4v) is 3.92. The summed E-state index contributed by atoms with van der Waals surface area (Å²) in [6.45, 7) is 4.90. The summed E-state index contributed by atoms with van der Waals surface area (Å²) in [5, 5.41) is 12.9. The Labute approximate surface area is 204 Å². The minimum Gasteiger partial charge on any atom is -0.478 e. The Kier molecular flexibility index (Phi) is 9.10. The number of hydrogen-bond donors (Lipinski definition) is 2. The van der Waals surface area contributed by atoms with E-state index < -0.39 is 12.1 Å². The average Bonchev–Trinajstić information content (AvgIpc) is 3.14. The van der Waals surface area contributed by atoms with Crippen LogP contribution in [0.1, 0.15) is 60.5 Å². The molecule has 0 fully saturated rings. The molecule has 0 atom stereocenters. The molecular formula is C26H30ClN3O4. The standard InChI is InChI=1S/C26H30ClN3O4/c1-3-5-11-23-29-22(16-28-26(33)34-14-4-2)24(27)30(23)17-18-12-13-20(21(15-18)25(31)32)19-9-7-6-8-10-19/h6-10,12-13,15H,3-5,11,14,16-17H2,1-2H3,(H,28,33)(H,31,32). The first-order valence-electron chi connectivity index (χ1n) is 11.5. The number of aryl methyl sites for hydroxylation is 1. The summed E-state index contributed by atoms with van der Waals surface area (Å²) in [4.78, 5) is 28.5. The Bertz CT molecular complexity index is 1130. The van der Waals surface area contributed by atoms with E-state index in [4.69, 9.17) is 16.3 Å². The summed E-state index contributed by atoms with van der Waals surface area (Å²) < 4.78 is 6.93. The number of unbranched alkanes of at least 4 members (excludes halogenated alkanes) is 1.